The van der Waals surface area contributed by atoms with E-state index < -0.39 is 0 Å². The van der Waals surface area contributed by atoms with Crippen LogP contribution in [0.3, 0.4) is 0 Å². The van der Waals surface area contributed by atoms with Crippen LogP contribution < -0.4 is 0 Å². The molecule has 155 valence electrons. The Kier molecular flexibility index (Phi) is 16.6. The summed E-state index contributed by atoms with van der Waals surface area (Å²) in [5, 5.41) is 0. The Labute approximate surface area is 179 Å². The lowest BCUT2D eigenvalue weighted by Gasteiger charge is -2.08. The molecule has 0 atom stereocenters. The zero-order chi connectivity index (χ0) is 19.6. The quantitative estimate of drug-likeness (QED) is 0.175. The van der Waals surface area contributed by atoms with Crippen LogP contribution in [-0.2, 0) is 0 Å². The predicted molar refractivity (Wildman–Crippen MR) is 128 cm³/mol. The highest BCUT2D eigenvalue weighted by molar-refractivity contribution is 8.00. The maximum Gasteiger partial charge on any atom is 0.00858 e. The van der Waals surface area contributed by atoms with Crippen molar-refractivity contribution < 1.29 is 0 Å². The molecule has 0 amide bonds. The molecular weight excluding hydrogens is 364 g/mol. The summed E-state index contributed by atoms with van der Waals surface area (Å²) in [6, 6.07) is 6.89. The smallest absolute Gasteiger partial charge is 0.00858 e. The lowest BCUT2D eigenvalue weighted by atomic mass is 10.1. The van der Waals surface area contributed by atoms with Gasteiger partial charge in [0.2, 0.25) is 0 Å². The van der Waals surface area contributed by atoms with E-state index >= 15 is 0 Å². The molecule has 1 rings (SSSR count). The third-order valence-electron chi connectivity index (χ3n) is 4.97. The van der Waals surface area contributed by atoms with Crippen molar-refractivity contribution in [3.8, 4) is 0 Å². The fourth-order valence-electron chi connectivity index (χ4n) is 3.30. The Morgan fingerprint density at radius 2 is 0.926 bits per heavy atom. The van der Waals surface area contributed by atoms with Gasteiger partial charge in [-0.1, -0.05) is 90.9 Å². The van der Waals surface area contributed by atoms with Crippen LogP contribution in [0.25, 0.3) is 0 Å². The zero-order valence-electron chi connectivity index (χ0n) is 18.1. The number of benzene rings is 1. The Morgan fingerprint density at radius 3 is 1.33 bits per heavy atom. The van der Waals surface area contributed by atoms with Crippen LogP contribution in [0.1, 0.15) is 109 Å². The number of unbranched alkanes of at least 4 members (excludes halogenated alkanes) is 12. The van der Waals surface area contributed by atoms with Crippen molar-refractivity contribution >= 4 is 23.5 Å². The molecular formula is C25H43S2. The molecule has 0 aromatic heterocycles. The van der Waals surface area contributed by atoms with Crippen molar-refractivity contribution in [3.05, 3.63) is 30.7 Å². The maximum absolute atomic E-state index is 4.19. The van der Waals surface area contributed by atoms with Gasteiger partial charge in [-0.3, -0.25) is 0 Å². The number of rotatable bonds is 18. The van der Waals surface area contributed by atoms with Gasteiger partial charge in [0.1, 0.15) is 0 Å². The van der Waals surface area contributed by atoms with Gasteiger partial charge in [0.05, 0.1) is 0 Å². The molecule has 0 N–H and O–H groups in total. The van der Waals surface area contributed by atoms with Gasteiger partial charge in [0, 0.05) is 9.79 Å². The van der Waals surface area contributed by atoms with Crippen molar-refractivity contribution in [2.24, 2.45) is 0 Å². The van der Waals surface area contributed by atoms with Gasteiger partial charge < -0.3 is 0 Å². The molecule has 0 spiro atoms. The van der Waals surface area contributed by atoms with Gasteiger partial charge in [-0.05, 0) is 55.0 Å². The third-order valence-corrected chi connectivity index (χ3v) is 7.10. The molecule has 0 unspecified atom stereocenters. The van der Waals surface area contributed by atoms with Crippen molar-refractivity contribution in [1.82, 2.24) is 0 Å². The second kappa shape index (κ2) is 18.0. The van der Waals surface area contributed by atoms with Crippen molar-refractivity contribution in [2.75, 3.05) is 11.5 Å². The molecule has 0 heterocycles. The lowest BCUT2D eigenvalue weighted by molar-refractivity contribution is 0.603. The molecule has 0 nitrogen and oxygen atoms in total. The molecule has 0 saturated carbocycles. The highest BCUT2D eigenvalue weighted by Gasteiger charge is 2.02. The van der Waals surface area contributed by atoms with Crippen molar-refractivity contribution in [3.63, 3.8) is 0 Å². The minimum atomic E-state index is 1.17. The Hall–Kier alpha value is -0.0800. The minimum absolute atomic E-state index is 1.17. The summed E-state index contributed by atoms with van der Waals surface area (Å²) in [5.74, 6) is 2.50. The number of thioether (sulfide) groups is 2. The monoisotopic (exact) mass is 407 g/mol. The molecule has 0 saturated heterocycles. The molecule has 0 fully saturated rings. The maximum atomic E-state index is 4.19. The Bertz CT molecular complexity index is 417. The molecule has 0 aliphatic rings. The fraction of sp³-hybridized carbons (Fsp3) is 0.720. The van der Waals surface area contributed by atoms with Gasteiger partial charge in [-0.15, -0.1) is 23.5 Å². The van der Waals surface area contributed by atoms with Gasteiger partial charge >= 0.3 is 0 Å². The van der Waals surface area contributed by atoms with Crippen LogP contribution in [0.4, 0.5) is 0 Å². The van der Waals surface area contributed by atoms with Crippen LogP contribution in [-0.4, -0.2) is 11.5 Å². The second-order valence-electron chi connectivity index (χ2n) is 7.75. The average molecular weight is 408 g/mol. The molecule has 0 bridgehead atoms. The molecule has 27 heavy (non-hydrogen) atoms. The van der Waals surface area contributed by atoms with Gasteiger partial charge in [-0.2, -0.15) is 0 Å². The van der Waals surface area contributed by atoms with Crippen LogP contribution in [0.15, 0.2) is 28.0 Å². The largest absolute Gasteiger partial charge is 0.126 e. The van der Waals surface area contributed by atoms with E-state index in [4.69, 9.17) is 0 Å². The van der Waals surface area contributed by atoms with E-state index in [1.165, 1.54) is 117 Å². The van der Waals surface area contributed by atoms with E-state index in [9.17, 15) is 0 Å². The van der Waals surface area contributed by atoms with Gasteiger partial charge in [0.25, 0.3) is 0 Å². The van der Waals surface area contributed by atoms with Crippen LogP contribution >= 0.6 is 23.5 Å². The van der Waals surface area contributed by atoms with Crippen molar-refractivity contribution in [1.29, 1.82) is 0 Å². The summed E-state index contributed by atoms with van der Waals surface area (Å²) in [6.45, 7) is 8.76. The normalized spacial score (nSPS) is 11.2. The number of hydrogen-bond donors (Lipinski definition) is 0. The first-order valence-corrected chi connectivity index (χ1v) is 13.5. The molecule has 1 radical (unpaired) electrons. The van der Waals surface area contributed by atoms with Crippen LogP contribution in [0.5, 0.6) is 0 Å². The third kappa shape index (κ3) is 14.6. The van der Waals surface area contributed by atoms with Crippen molar-refractivity contribution in [2.45, 2.75) is 114 Å². The van der Waals surface area contributed by atoms with E-state index in [0.29, 0.717) is 0 Å². The van der Waals surface area contributed by atoms with E-state index in [1.807, 2.05) is 23.5 Å². The molecule has 0 aliphatic carbocycles. The highest BCUT2D eigenvalue weighted by atomic mass is 32.2. The fourth-order valence-corrected chi connectivity index (χ4v) is 5.43. The number of hydrogen-bond acceptors (Lipinski definition) is 2. The molecule has 1 aromatic carbocycles. The summed E-state index contributed by atoms with van der Waals surface area (Å²) < 4.78 is 0. The summed E-state index contributed by atoms with van der Waals surface area (Å²) >= 11 is 4.04. The van der Waals surface area contributed by atoms with E-state index in [-0.39, 0.29) is 0 Å². The molecule has 1 aromatic rings. The lowest BCUT2D eigenvalue weighted by Crippen LogP contribution is -1.86. The second-order valence-corrected chi connectivity index (χ2v) is 10.1. The molecule has 0 aliphatic heterocycles. The summed E-state index contributed by atoms with van der Waals surface area (Å²) in [7, 11) is 0. The molecule has 2 heteroatoms. The van der Waals surface area contributed by atoms with Crippen LogP contribution in [0.2, 0.25) is 0 Å². The topological polar surface area (TPSA) is 0 Å². The van der Waals surface area contributed by atoms with Gasteiger partial charge in [0.15, 0.2) is 0 Å². The summed E-state index contributed by atoms with van der Waals surface area (Å²) in [4.78, 5) is 2.83. The first-order valence-electron chi connectivity index (χ1n) is 11.5. The first-order chi connectivity index (χ1) is 13.3. The first kappa shape index (κ1) is 25.0. The predicted octanol–water partition coefficient (Wildman–Crippen LogP) is 9.55. The summed E-state index contributed by atoms with van der Waals surface area (Å²) in [5.41, 5.74) is 1.17. The Morgan fingerprint density at radius 1 is 0.556 bits per heavy atom. The van der Waals surface area contributed by atoms with E-state index in [1.54, 1.807) is 0 Å². The van der Waals surface area contributed by atoms with Crippen LogP contribution in [0, 0.1) is 6.92 Å². The summed E-state index contributed by atoms with van der Waals surface area (Å²) in [6.07, 6.45) is 19.5. The SMILES string of the molecule is [CH2]c1cc(SCCCCCCCCC)cc(SCCCCCCCCC)c1. The average Bonchev–Trinajstić information content (AvgIpc) is 2.65. The minimum Gasteiger partial charge on any atom is -0.126 e. The van der Waals surface area contributed by atoms with Gasteiger partial charge in [-0.25, -0.2) is 0 Å². The van der Waals surface area contributed by atoms with E-state index in [2.05, 4.69) is 39.0 Å². The standard InChI is InChI=1S/C25H43S2/c1-4-6-8-10-12-14-16-18-26-24-20-23(3)21-25(22-24)27-19-17-15-13-11-9-7-5-2/h20-22H,3-19H2,1-2H3. The highest BCUT2D eigenvalue weighted by Crippen LogP contribution is 2.28. The Balaban J connectivity index is 2.14. The van der Waals surface area contributed by atoms with E-state index in [0.717, 1.165) is 0 Å². The zero-order valence-corrected chi connectivity index (χ0v) is 19.7.